The summed E-state index contributed by atoms with van der Waals surface area (Å²) in [7, 11) is 2.00. The van der Waals surface area contributed by atoms with Crippen LogP contribution in [0.15, 0.2) is 33.9 Å². The van der Waals surface area contributed by atoms with Crippen molar-refractivity contribution in [3.8, 4) is 11.5 Å². The summed E-state index contributed by atoms with van der Waals surface area (Å²) in [6.07, 6.45) is 0.345. The van der Waals surface area contributed by atoms with Gasteiger partial charge in [0.15, 0.2) is 22.3 Å². The number of aromatic nitrogens is 1. The molecule has 5 rings (SSSR count). The monoisotopic (exact) mass is 603 g/mol. The normalized spacial score (nSPS) is 24.0. The maximum absolute atomic E-state index is 13.3. The Morgan fingerprint density at radius 2 is 2.00 bits per heavy atom. The molecule has 2 amide bonds. The van der Waals surface area contributed by atoms with E-state index in [1.165, 1.54) is 16.7 Å². The summed E-state index contributed by atoms with van der Waals surface area (Å²) >= 11 is 2.52. The fourth-order valence-corrected chi connectivity index (χ4v) is 7.18. The van der Waals surface area contributed by atoms with E-state index >= 15 is 0 Å². The number of hydrogen-bond acceptors (Lipinski definition) is 11. The van der Waals surface area contributed by atoms with Crippen LogP contribution in [0.1, 0.15) is 30.7 Å². The molecular formula is C26H31N6O7S2+. The van der Waals surface area contributed by atoms with Gasteiger partial charge in [0.05, 0.1) is 13.6 Å². The average molecular weight is 604 g/mol. The summed E-state index contributed by atoms with van der Waals surface area (Å²) < 4.78 is 0.475. The first-order chi connectivity index (χ1) is 19.4. The van der Waals surface area contributed by atoms with Crippen LogP contribution < -0.4 is 11.1 Å². The Kier molecular flexibility index (Phi) is 7.61. The van der Waals surface area contributed by atoms with E-state index in [-0.39, 0.29) is 39.8 Å². The lowest BCUT2D eigenvalue weighted by Crippen LogP contribution is -2.71. The SMILES string of the molecule is CC(C)O/N=C(\C(=O)NC1C(=O)N2C(C(=O)O)=C(C[N+]3(C)CCc4cc(O)c(O)cc4C3)CS[C@H]12)c1csc(N)n1. The highest BCUT2D eigenvalue weighted by Crippen LogP contribution is 2.42. The number of nitrogens with zero attached hydrogens (tertiary/aromatic N) is 4. The van der Waals surface area contributed by atoms with E-state index in [9.17, 15) is 29.7 Å². The molecule has 3 aliphatic heterocycles. The van der Waals surface area contributed by atoms with Crippen LogP contribution in [0, 0.1) is 0 Å². The number of amides is 2. The molecule has 3 aliphatic rings. The molecule has 0 radical (unpaired) electrons. The highest BCUT2D eigenvalue weighted by atomic mass is 32.2. The molecule has 13 nitrogen and oxygen atoms in total. The first-order valence-corrected chi connectivity index (χ1v) is 14.8. The summed E-state index contributed by atoms with van der Waals surface area (Å²) in [6.45, 7) is 5.10. The molecule has 2 aromatic rings. The number of phenolic OH excluding ortho intramolecular Hbond substituents is 2. The van der Waals surface area contributed by atoms with Gasteiger partial charge in [-0.1, -0.05) is 5.16 Å². The Morgan fingerprint density at radius 3 is 2.63 bits per heavy atom. The van der Waals surface area contributed by atoms with Crippen LogP contribution in [-0.2, 0) is 32.2 Å². The summed E-state index contributed by atoms with van der Waals surface area (Å²) in [5.41, 5.74) is 8.19. The molecule has 0 aliphatic carbocycles. The number of likely N-dealkylation sites (N-methyl/N-ethyl adjacent to an activating group) is 1. The number of aliphatic carboxylic acids is 1. The number of carboxylic acids is 1. The molecule has 15 heteroatoms. The molecule has 3 atom stereocenters. The van der Waals surface area contributed by atoms with Gasteiger partial charge < -0.3 is 35.7 Å². The maximum atomic E-state index is 13.3. The van der Waals surface area contributed by atoms with Crippen LogP contribution in [0.5, 0.6) is 11.5 Å². The van der Waals surface area contributed by atoms with Crippen molar-refractivity contribution in [3.63, 3.8) is 0 Å². The van der Waals surface area contributed by atoms with Crippen molar-refractivity contribution in [1.29, 1.82) is 0 Å². The minimum absolute atomic E-state index is 0.0627. The number of fused-ring (bicyclic) bond motifs is 2. The Labute approximate surface area is 243 Å². The van der Waals surface area contributed by atoms with Gasteiger partial charge in [-0.15, -0.1) is 23.1 Å². The van der Waals surface area contributed by atoms with Crippen molar-refractivity contribution in [2.75, 3.05) is 31.6 Å². The van der Waals surface area contributed by atoms with Gasteiger partial charge in [-0.25, -0.2) is 9.78 Å². The van der Waals surface area contributed by atoms with Crippen LogP contribution in [0.3, 0.4) is 0 Å². The second-order valence-electron chi connectivity index (χ2n) is 10.8. The van der Waals surface area contributed by atoms with Crippen LogP contribution in [0.2, 0.25) is 0 Å². The third-order valence-corrected chi connectivity index (χ3v) is 9.23. The lowest BCUT2D eigenvalue weighted by molar-refractivity contribution is -0.920. The molecule has 0 saturated carbocycles. The third-order valence-electron chi connectivity index (χ3n) is 7.21. The van der Waals surface area contributed by atoms with Crippen molar-refractivity contribution >= 4 is 51.7 Å². The van der Waals surface area contributed by atoms with E-state index in [0.29, 0.717) is 41.9 Å². The zero-order valence-electron chi connectivity index (χ0n) is 22.7. The molecule has 0 spiro atoms. The van der Waals surface area contributed by atoms with Crippen molar-refractivity contribution in [2.45, 2.75) is 44.3 Å². The number of aromatic hydroxyl groups is 2. The van der Waals surface area contributed by atoms with Gasteiger partial charge >= 0.3 is 5.97 Å². The third kappa shape index (κ3) is 5.56. The Hall–Kier alpha value is -3.82. The molecule has 0 bridgehead atoms. The molecule has 4 heterocycles. The lowest BCUT2D eigenvalue weighted by Gasteiger charge is -2.50. The number of nitrogens with one attached hydrogen (secondary N) is 1. The minimum atomic E-state index is -1.21. The topological polar surface area (TPSA) is 188 Å². The number of carbonyl (C=O) groups excluding carboxylic acids is 2. The first kappa shape index (κ1) is 28.7. The number of carboxylic acid groups (broad SMARTS) is 1. The number of β-lactam (4-membered cyclic amide) rings is 1. The quantitative estimate of drug-likeness (QED) is 0.0965. The predicted octanol–water partition coefficient (Wildman–Crippen LogP) is 1.21. The standard InChI is InChI=1S/C26H30N6O7S2/c1-12(2)39-30-19(16-11-41-26(27)28-16)22(35)29-20-23(36)31-21(25(37)38)15(10-40-24(20)31)9-32(3)5-4-13-6-17(33)18(34)7-14(13)8-32/h6-7,11-12,20,24H,4-5,8-10H2,1-3H3,(H5-,27,28,29,30,33,34,35,37,38)/p+1/t20?,24-,32?/m1/s1. The van der Waals surface area contributed by atoms with Gasteiger partial charge in [0.1, 0.15) is 42.0 Å². The van der Waals surface area contributed by atoms with Crippen LogP contribution in [0.4, 0.5) is 5.13 Å². The highest BCUT2D eigenvalue weighted by molar-refractivity contribution is 8.00. The second-order valence-corrected chi connectivity index (χ2v) is 12.8. The number of anilines is 1. The number of quaternary nitrogens is 1. The molecule has 1 saturated heterocycles. The van der Waals surface area contributed by atoms with Crippen molar-refractivity contribution in [3.05, 3.63) is 45.6 Å². The van der Waals surface area contributed by atoms with Crippen LogP contribution in [-0.4, -0.2) is 96.6 Å². The number of benzene rings is 1. The number of rotatable bonds is 8. The van der Waals surface area contributed by atoms with Gasteiger partial charge in [0.25, 0.3) is 11.8 Å². The zero-order valence-corrected chi connectivity index (χ0v) is 24.3. The van der Waals surface area contributed by atoms with Gasteiger partial charge in [-0.2, -0.15) is 0 Å². The van der Waals surface area contributed by atoms with Crippen molar-refractivity contribution in [2.24, 2.45) is 5.16 Å². The fraction of sp³-hybridized carbons (Fsp3) is 0.423. The van der Waals surface area contributed by atoms with Gasteiger partial charge in [-0.05, 0) is 31.5 Å². The molecule has 2 unspecified atom stereocenters. The summed E-state index contributed by atoms with van der Waals surface area (Å²) in [5.74, 6) is -2.41. The van der Waals surface area contributed by atoms with Crippen LogP contribution >= 0.6 is 23.1 Å². The Balaban J connectivity index is 1.34. The number of thioether (sulfide) groups is 1. The van der Waals surface area contributed by atoms with E-state index in [4.69, 9.17) is 10.6 Å². The Morgan fingerprint density at radius 1 is 1.29 bits per heavy atom. The fourth-order valence-electron chi connectivity index (χ4n) is 5.29. The van der Waals surface area contributed by atoms with Crippen molar-refractivity contribution < 1.29 is 39.0 Å². The molecular weight excluding hydrogens is 572 g/mol. The Bertz CT molecular complexity index is 1490. The van der Waals surface area contributed by atoms with Gasteiger partial charge in [0.2, 0.25) is 0 Å². The highest BCUT2D eigenvalue weighted by Gasteiger charge is 2.55. The number of nitrogen functional groups attached to an aromatic ring is 1. The lowest BCUT2D eigenvalue weighted by atomic mass is 9.96. The zero-order chi connectivity index (χ0) is 29.6. The number of oxime groups is 1. The molecule has 1 fully saturated rings. The molecule has 41 heavy (non-hydrogen) atoms. The van der Waals surface area contributed by atoms with Crippen LogP contribution in [0.25, 0.3) is 0 Å². The second kappa shape index (κ2) is 10.9. The number of nitrogens with two attached hydrogens (primary N) is 1. The molecule has 1 aromatic carbocycles. The van der Waals surface area contributed by atoms with E-state index in [1.807, 2.05) is 7.05 Å². The first-order valence-electron chi connectivity index (χ1n) is 12.9. The predicted molar refractivity (Wildman–Crippen MR) is 152 cm³/mol. The van der Waals surface area contributed by atoms with E-state index in [2.05, 4.69) is 15.5 Å². The molecule has 218 valence electrons. The number of hydrogen-bond donors (Lipinski definition) is 5. The molecule has 6 N–H and O–H groups in total. The molecule has 1 aromatic heterocycles. The van der Waals surface area contributed by atoms with E-state index < -0.39 is 29.2 Å². The maximum Gasteiger partial charge on any atom is 0.352 e. The van der Waals surface area contributed by atoms with Gasteiger partial charge in [0, 0.05) is 28.7 Å². The summed E-state index contributed by atoms with van der Waals surface area (Å²) in [4.78, 5) is 49.5. The van der Waals surface area contributed by atoms with Gasteiger partial charge in [-0.3, -0.25) is 14.5 Å². The summed E-state index contributed by atoms with van der Waals surface area (Å²) in [6, 6.07) is 2.17. The number of phenols is 2. The van der Waals surface area contributed by atoms with Crippen molar-refractivity contribution in [1.82, 2.24) is 15.2 Å². The number of thiazole rings is 1. The largest absolute Gasteiger partial charge is 0.504 e. The van der Waals surface area contributed by atoms with E-state index in [0.717, 1.165) is 22.5 Å². The average Bonchev–Trinajstić information content (AvgIpc) is 3.33. The van der Waals surface area contributed by atoms with E-state index in [1.54, 1.807) is 31.4 Å². The minimum Gasteiger partial charge on any atom is -0.504 e. The summed E-state index contributed by atoms with van der Waals surface area (Å²) in [5, 5.41) is 37.8. The number of carbonyl (C=O) groups is 3. The smallest absolute Gasteiger partial charge is 0.352 e.